The van der Waals surface area contributed by atoms with Crippen molar-refractivity contribution < 1.29 is 9.15 Å². The molecule has 1 aromatic carbocycles. The summed E-state index contributed by atoms with van der Waals surface area (Å²) >= 11 is 6.09. The molecule has 5 heteroatoms. The minimum atomic E-state index is -0.115. The second kappa shape index (κ2) is 4.57. The van der Waals surface area contributed by atoms with Crippen molar-refractivity contribution in [2.24, 2.45) is 0 Å². The zero-order chi connectivity index (χ0) is 13.6. The summed E-state index contributed by atoms with van der Waals surface area (Å²) in [5.74, 6) is 1.69. The van der Waals surface area contributed by atoms with Gasteiger partial charge in [0.05, 0.1) is 17.9 Å². The molecular formula is C15H15ClN2O2. The number of rotatable bonds is 3. The SMILES string of the molecule is Clc1cccc(C2(c3nnc(C4CCOC4)o3)CC2)c1. The van der Waals surface area contributed by atoms with Crippen molar-refractivity contribution in [3.8, 4) is 0 Å². The molecule has 1 atom stereocenters. The van der Waals surface area contributed by atoms with Crippen molar-refractivity contribution >= 4 is 11.6 Å². The molecule has 104 valence electrons. The van der Waals surface area contributed by atoms with Crippen LogP contribution in [0.1, 0.15) is 42.5 Å². The molecule has 20 heavy (non-hydrogen) atoms. The van der Waals surface area contributed by atoms with Crippen LogP contribution in [-0.4, -0.2) is 23.4 Å². The highest BCUT2D eigenvalue weighted by atomic mass is 35.5. The fourth-order valence-electron chi connectivity index (χ4n) is 2.86. The molecule has 1 aliphatic carbocycles. The van der Waals surface area contributed by atoms with Crippen LogP contribution < -0.4 is 0 Å². The maximum atomic E-state index is 6.09. The Labute approximate surface area is 122 Å². The Morgan fingerprint density at radius 2 is 2.15 bits per heavy atom. The van der Waals surface area contributed by atoms with Gasteiger partial charge in [0.25, 0.3) is 0 Å². The lowest BCUT2D eigenvalue weighted by Gasteiger charge is -2.11. The van der Waals surface area contributed by atoms with E-state index in [-0.39, 0.29) is 11.3 Å². The average Bonchev–Trinajstić information content (AvgIpc) is 2.91. The Morgan fingerprint density at radius 1 is 1.25 bits per heavy atom. The van der Waals surface area contributed by atoms with Crippen molar-refractivity contribution in [2.45, 2.75) is 30.6 Å². The second-order valence-corrected chi connectivity index (χ2v) is 6.03. The molecule has 0 spiro atoms. The quantitative estimate of drug-likeness (QED) is 0.870. The summed E-state index contributed by atoms with van der Waals surface area (Å²) < 4.78 is 11.3. The van der Waals surface area contributed by atoms with Gasteiger partial charge in [-0.15, -0.1) is 10.2 Å². The Morgan fingerprint density at radius 3 is 2.85 bits per heavy atom. The van der Waals surface area contributed by atoms with Gasteiger partial charge in [-0.05, 0) is 37.0 Å². The number of aromatic nitrogens is 2. The molecule has 1 aliphatic heterocycles. The molecule has 1 saturated carbocycles. The van der Waals surface area contributed by atoms with Crippen LogP contribution in [0.3, 0.4) is 0 Å². The van der Waals surface area contributed by atoms with Gasteiger partial charge in [-0.3, -0.25) is 0 Å². The Bertz CT molecular complexity index is 630. The van der Waals surface area contributed by atoms with Gasteiger partial charge in [-0.1, -0.05) is 23.7 Å². The zero-order valence-corrected chi connectivity index (χ0v) is 11.8. The average molecular weight is 291 g/mol. The molecule has 1 saturated heterocycles. The molecule has 0 radical (unpaired) electrons. The van der Waals surface area contributed by atoms with Crippen molar-refractivity contribution in [1.29, 1.82) is 0 Å². The smallest absolute Gasteiger partial charge is 0.227 e. The Kier molecular flexibility index (Phi) is 2.82. The van der Waals surface area contributed by atoms with Gasteiger partial charge in [0, 0.05) is 11.6 Å². The highest BCUT2D eigenvalue weighted by molar-refractivity contribution is 6.30. The predicted molar refractivity (Wildman–Crippen MR) is 73.9 cm³/mol. The first-order valence-electron chi connectivity index (χ1n) is 6.96. The van der Waals surface area contributed by atoms with E-state index in [1.165, 1.54) is 5.56 Å². The molecule has 1 aromatic heterocycles. The first kappa shape index (κ1) is 12.4. The third-order valence-corrected chi connectivity index (χ3v) is 4.49. The number of hydrogen-bond acceptors (Lipinski definition) is 4. The van der Waals surface area contributed by atoms with Crippen LogP contribution >= 0.6 is 11.6 Å². The van der Waals surface area contributed by atoms with Crippen LogP contribution in [0.25, 0.3) is 0 Å². The van der Waals surface area contributed by atoms with Crippen molar-refractivity contribution in [2.75, 3.05) is 13.2 Å². The Hall–Kier alpha value is -1.39. The van der Waals surface area contributed by atoms with E-state index >= 15 is 0 Å². The summed E-state index contributed by atoms with van der Waals surface area (Å²) in [6.45, 7) is 1.47. The summed E-state index contributed by atoms with van der Waals surface area (Å²) in [5.41, 5.74) is 1.05. The molecule has 0 N–H and O–H groups in total. The summed E-state index contributed by atoms with van der Waals surface area (Å²) in [7, 11) is 0. The molecular weight excluding hydrogens is 276 g/mol. The summed E-state index contributed by atoms with van der Waals surface area (Å²) in [4.78, 5) is 0. The van der Waals surface area contributed by atoms with Gasteiger partial charge >= 0.3 is 0 Å². The van der Waals surface area contributed by atoms with Crippen molar-refractivity contribution in [3.05, 3.63) is 46.6 Å². The highest BCUT2D eigenvalue weighted by Gasteiger charge is 2.51. The van der Waals surface area contributed by atoms with Gasteiger partial charge in [-0.25, -0.2) is 0 Å². The minimum absolute atomic E-state index is 0.115. The molecule has 2 heterocycles. The van der Waals surface area contributed by atoms with E-state index in [1.54, 1.807) is 0 Å². The lowest BCUT2D eigenvalue weighted by atomic mass is 9.96. The highest BCUT2D eigenvalue weighted by Crippen LogP contribution is 2.53. The van der Waals surface area contributed by atoms with E-state index in [4.69, 9.17) is 20.8 Å². The standard InChI is InChI=1S/C15H15ClN2O2/c16-12-3-1-2-11(8-12)15(5-6-15)14-18-17-13(20-14)10-4-7-19-9-10/h1-3,8,10H,4-7,9H2. The monoisotopic (exact) mass is 290 g/mol. The van der Waals surface area contributed by atoms with E-state index < -0.39 is 0 Å². The van der Waals surface area contributed by atoms with Gasteiger partial charge in [0.2, 0.25) is 11.8 Å². The first-order chi connectivity index (χ1) is 9.78. The van der Waals surface area contributed by atoms with Gasteiger partial charge in [0.15, 0.2) is 0 Å². The maximum Gasteiger partial charge on any atom is 0.227 e. The normalized spacial score (nSPS) is 23.9. The third kappa shape index (κ3) is 1.95. The topological polar surface area (TPSA) is 48.2 Å². The summed E-state index contributed by atoms with van der Waals surface area (Å²) in [5, 5.41) is 9.26. The van der Waals surface area contributed by atoms with Gasteiger partial charge < -0.3 is 9.15 Å². The Balaban J connectivity index is 1.66. The summed E-state index contributed by atoms with van der Waals surface area (Å²) in [6.07, 6.45) is 3.04. The molecule has 2 aromatic rings. The second-order valence-electron chi connectivity index (χ2n) is 5.60. The number of halogens is 1. The van der Waals surface area contributed by atoms with E-state index in [9.17, 15) is 0 Å². The van der Waals surface area contributed by atoms with Crippen LogP contribution in [0, 0.1) is 0 Å². The van der Waals surface area contributed by atoms with E-state index in [1.807, 2.05) is 18.2 Å². The van der Waals surface area contributed by atoms with Crippen LogP contribution in [0.15, 0.2) is 28.7 Å². The fraction of sp³-hybridized carbons (Fsp3) is 0.467. The molecule has 2 aliphatic rings. The molecule has 0 bridgehead atoms. The van der Waals surface area contributed by atoms with Crippen LogP contribution in [-0.2, 0) is 10.2 Å². The number of hydrogen-bond donors (Lipinski definition) is 0. The number of benzene rings is 1. The van der Waals surface area contributed by atoms with Crippen molar-refractivity contribution in [3.63, 3.8) is 0 Å². The molecule has 2 fully saturated rings. The fourth-order valence-corrected chi connectivity index (χ4v) is 3.05. The molecule has 4 rings (SSSR count). The van der Waals surface area contributed by atoms with E-state index in [2.05, 4.69) is 16.3 Å². The molecule has 1 unspecified atom stereocenters. The largest absolute Gasteiger partial charge is 0.424 e. The lowest BCUT2D eigenvalue weighted by Crippen LogP contribution is -2.09. The van der Waals surface area contributed by atoms with Gasteiger partial charge in [-0.2, -0.15) is 0 Å². The maximum absolute atomic E-state index is 6.09. The van der Waals surface area contributed by atoms with E-state index in [0.29, 0.717) is 12.5 Å². The van der Waals surface area contributed by atoms with Crippen LogP contribution in [0.2, 0.25) is 5.02 Å². The molecule has 4 nitrogen and oxygen atoms in total. The zero-order valence-electron chi connectivity index (χ0n) is 11.0. The first-order valence-corrected chi connectivity index (χ1v) is 7.33. The van der Waals surface area contributed by atoms with Crippen molar-refractivity contribution in [1.82, 2.24) is 10.2 Å². The predicted octanol–water partition coefficient (Wildman–Crippen LogP) is 3.31. The molecule has 0 amide bonds. The van der Waals surface area contributed by atoms with Gasteiger partial charge in [0.1, 0.15) is 0 Å². The van der Waals surface area contributed by atoms with Crippen LogP contribution in [0.5, 0.6) is 0 Å². The summed E-state index contributed by atoms with van der Waals surface area (Å²) in [6, 6.07) is 7.94. The third-order valence-electron chi connectivity index (χ3n) is 4.26. The van der Waals surface area contributed by atoms with E-state index in [0.717, 1.165) is 36.8 Å². The van der Waals surface area contributed by atoms with Crippen LogP contribution in [0.4, 0.5) is 0 Å². The minimum Gasteiger partial charge on any atom is -0.424 e. The lowest BCUT2D eigenvalue weighted by molar-refractivity contribution is 0.190. The number of nitrogens with zero attached hydrogens (tertiary/aromatic N) is 2. The number of ether oxygens (including phenoxy) is 1.